The topological polar surface area (TPSA) is 64.8 Å². The third-order valence-corrected chi connectivity index (χ3v) is 5.50. The fourth-order valence-electron chi connectivity index (χ4n) is 3.59. The molecule has 3 aromatic rings. The summed E-state index contributed by atoms with van der Waals surface area (Å²) in [5, 5.41) is 0.559. The summed E-state index contributed by atoms with van der Waals surface area (Å²) in [5.74, 6) is 0.272. The first kappa shape index (κ1) is 22.4. The number of carbonyl (C=O) groups excluding carboxylic acids is 1. The Bertz CT molecular complexity index is 1120. The molecule has 1 aliphatic heterocycles. The van der Waals surface area contributed by atoms with Crippen LogP contribution in [0.15, 0.2) is 40.8 Å². The van der Waals surface area contributed by atoms with Gasteiger partial charge in [0.2, 0.25) is 5.89 Å². The van der Waals surface area contributed by atoms with Gasteiger partial charge in [-0.05, 0) is 75.9 Å². The van der Waals surface area contributed by atoms with Crippen molar-refractivity contribution in [1.82, 2.24) is 9.88 Å². The van der Waals surface area contributed by atoms with E-state index in [-0.39, 0.29) is 17.8 Å². The molecule has 8 heteroatoms. The second-order valence-electron chi connectivity index (χ2n) is 9.00. The van der Waals surface area contributed by atoms with Crippen molar-refractivity contribution in [1.29, 1.82) is 0 Å². The second-order valence-corrected chi connectivity index (χ2v) is 9.43. The van der Waals surface area contributed by atoms with E-state index in [0.717, 1.165) is 12.8 Å². The Hall–Kier alpha value is -2.80. The first-order chi connectivity index (χ1) is 15.2. The molecule has 0 radical (unpaired) electrons. The van der Waals surface area contributed by atoms with E-state index in [0.29, 0.717) is 47.3 Å². The van der Waals surface area contributed by atoms with Crippen LogP contribution in [0.5, 0.6) is 5.75 Å². The molecule has 1 aromatic heterocycles. The third-order valence-electron chi connectivity index (χ3n) is 5.27. The van der Waals surface area contributed by atoms with E-state index >= 15 is 0 Å². The Morgan fingerprint density at radius 3 is 2.66 bits per heavy atom. The SMILES string of the molecule is CC(C)(C)OC(=O)N1CCC(COc2ccc(-c3nc4cc(Cl)ccc4o3)cc2F)CC1. The lowest BCUT2D eigenvalue weighted by molar-refractivity contribution is 0.0164. The van der Waals surface area contributed by atoms with Gasteiger partial charge in [0.25, 0.3) is 0 Å². The predicted molar refractivity (Wildman–Crippen MR) is 120 cm³/mol. The van der Waals surface area contributed by atoms with Gasteiger partial charge < -0.3 is 18.8 Å². The van der Waals surface area contributed by atoms with E-state index in [1.807, 2.05) is 20.8 Å². The normalized spacial score (nSPS) is 15.2. The van der Waals surface area contributed by atoms with E-state index in [1.165, 1.54) is 6.07 Å². The summed E-state index contributed by atoms with van der Waals surface area (Å²) < 4.78 is 31.5. The first-order valence-corrected chi connectivity index (χ1v) is 11.0. The van der Waals surface area contributed by atoms with Gasteiger partial charge >= 0.3 is 6.09 Å². The zero-order valence-electron chi connectivity index (χ0n) is 18.4. The second kappa shape index (κ2) is 8.98. The summed E-state index contributed by atoms with van der Waals surface area (Å²) in [6, 6.07) is 9.81. The smallest absolute Gasteiger partial charge is 0.410 e. The molecule has 0 unspecified atom stereocenters. The summed E-state index contributed by atoms with van der Waals surface area (Å²) in [5.41, 5.74) is 1.22. The van der Waals surface area contributed by atoms with Gasteiger partial charge in [0.15, 0.2) is 17.1 Å². The Morgan fingerprint density at radius 2 is 1.97 bits per heavy atom. The molecule has 0 atom stereocenters. The number of hydrogen-bond acceptors (Lipinski definition) is 5. The number of amides is 1. The van der Waals surface area contributed by atoms with E-state index in [1.54, 1.807) is 35.2 Å². The highest BCUT2D eigenvalue weighted by atomic mass is 35.5. The monoisotopic (exact) mass is 460 g/mol. The van der Waals surface area contributed by atoms with Gasteiger partial charge in [-0.25, -0.2) is 14.2 Å². The summed E-state index contributed by atoms with van der Waals surface area (Å²) in [4.78, 5) is 18.3. The third kappa shape index (κ3) is 5.33. The van der Waals surface area contributed by atoms with Gasteiger partial charge in [-0.15, -0.1) is 0 Å². The number of ether oxygens (including phenoxy) is 2. The maximum absolute atomic E-state index is 14.7. The highest BCUT2D eigenvalue weighted by Gasteiger charge is 2.27. The number of rotatable bonds is 4. The van der Waals surface area contributed by atoms with Crippen LogP contribution in [-0.4, -0.2) is 41.3 Å². The zero-order valence-corrected chi connectivity index (χ0v) is 19.1. The minimum atomic E-state index is -0.508. The van der Waals surface area contributed by atoms with Crippen molar-refractivity contribution in [3.05, 3.63) is 47.2 Å². The molecule has 0 N–H and O–H groups in total. The minimum absolute atomic E-state index is 0.183. The average Bonchev–Trinajstić information content (AvgIpc) is 3.15. The Balaban J connectivity index is 1.33. The van der Waals surface area contributed by atoms with Crippen LogP contribution in [-0.2, 0) is 4.74 Å². The van der Waals surface area contributed by atoms with Crippen molar-refractivity contribution in [2.75, 3.05) is 19.7 Å². The molecule has 4 rings (SSSR count). The maximum atomic E-state index is 14.7. The number of oxazole rings is 1. The lowest BCUT2D eigenvalue weighted by Gasteiger charge is -2.33. The van der Waals surface area contributed by atoms with Crippen molar-refractivity contribution in [3.8, 4) is 17.2 Å². The lowest BCUT2D eigenvalue weighted by Crippen LogP contribution is -2.42. The van der Waals surface area contributed by atoms with E-state index < -0.39 is 11.4 Å². The summed E-state index contributed by atoms with van der Waals surface area (Å²) in [6.07, 6.45) is 1.27. The molecule has 0 bridgehead atoms. The molecule has 32 heavy (non-hydrogen) atoms. The fourth-order valence-corrected chi connectivity index (χ4v) is 3.76. The van der Waals surface area contributed by atoms with E-state index in [9.17, 15) is 9.18 Å². The molecule has 1 amide bonds. The number of likely N-dealkylation sites (tertiary alicyclic amines) is 1. The summed E-state index contributed by atoms with van der Waals surface area (Å²) >= 11 is 5.98. The van der Waals surface area contributed by atoms with Gasteiger partial charge in [0.1, 0.15) is 11.1 Å². The quantitative estimate of drug-likeness (QED) is 0.456. The number of piperidine rings is 1. The highest BCUT2D eigenvalue weighted by molar-refractivity contribution is 6.31. The molecule has 0 spiro atoms. The van der Waals surface area contributed by atoms with Crippen LogP contribution >= 0.6 is 11.6 Å². The molecule has 1 fully saturated rings. The van der Waals surface area contributed by atoms with Crippen molar-refractivity contribution in [3.63, 3.8) is 0 Å². The van der Waals surface area contributed by atoms with E-state index in [4.69, 9.17) is 25.5 Å². The molecular weight excluding hydrogens is 435 g/mol. The van der Waals surface area contributed by atoms with Gasteiger partial charge in [-0.3, -0.25) is 0 Å². The number of carbonyl (C=O) groups is 1. The van der Waals surface area contributed by atoms with Crippen molar-refractivity contribution in [2.45, 2.75) is 39.2 Å². The minimum Gasteiger partial charge on any atom is -0.490 e. The van der Waals surface area contributed by atoms with Crippen LogP contribution < -0.4 is 4.74 Å². The molecular formula is C24H26ClFN2O4. The molecule has 170 valence electrons. The van der Waals surface area contributed by atoms with Gasteiger partial charge in [0, 0.05) is 23.7 Å². The summed E-state index contributed by atoms with van der Waals surface area (Å²) in [6.45, 7) is 7.15. The van der Waals surface area contributed by atoms with Crippen molar-refractivity contribution in [2.24, 2.45) is 5.92 Å². The zero-order chi connectivity index (χ0) is 22.9. The fraction of sp³-hybridized carbons (Fsp3) is 0.417. The molecule has 1 saturated heterocycles. The predicted octanol–water partition coefficient (Wildman–Crippen LogP) is 6.31. The van der Waals surface area contributed by atoms with Gasteiger partial charge in [-0.1, -0.05) is 11.6 Å². The van der Waals surface area contributed by atoms with Crippen LogP contribution in [0.25, 0.3) is 22.6 Å². The molecule has 6 nitrogen and oxygen atoms in total. The van der Waals surface area contributed by atoms with Gasteiger partial charge in [0.05, 0.1) is 6.61 Å². The number of nitrogens with zero attached hydrogens (tertiary/aromatic N) is 2. The van der Waals surface area contributed by atoms with Crippen molar-refractivity contribution < 1.29 is 23.1 Å². The molecule has 2 aromatic carbocycles. The van der Waals surface area contributed by atoms with Crippen molar-refractivity contribution >= 4 is 28.8 Å². The standard InChI is InChI=1S/C24H26ClFN2O4/c1-24(2,3)32-23(29)28-10-8-15(9-11-28)14-30-20-6-4-16(12-18(20)26)22-27-19-13-17(25)5-7-21(19)31-22/h4-7,12-13,15H,8-11,14H2,1-3H3. The Kier molecular flexibility index (Phi) is 6.29. The number of aromatic nitrogens is 1. The number of halogens is 2. The lowest BCUT2D eigenvalue weighted by atomic mass is 9.98. The number of benzene rings is 2. The maximum Gasteiger partial charge on any atom is 0.410 e. The van der Waals surface area contributed by atoms with Crippen LogP contribution in [0.3, 0.4) is 0 Å². The van der Waals surface area contributed by atoms with E-state index in [2.05, 4.69) is 4.98 Å². The largest absolute Gasteiger partial charge is 0.490 e. The molecule has 1 aliphatic rings. The number of fused-ring (bicyclic) bond motifs is 1. The van der Waals surface area contributed by atoms with Crippen LogP contribution in [0.1, 0.15) is 33.6 Å². The average molecular weight is 461 g/mol. The Labute approximate surface area is 191 Å². The highest BCUT2D eigenvalue weighted by Crippen LogP contribution is 2.30. The van der Waals surface area contributed by atoms with Crippen LogP contribution in [0, 0.1) is 11.7 Å². The molecule has 0 saturated carbocycles. The Morgan fingerprint density at radius 1 is 1.22 bits per heavy atom. The van der Waals surface area contributed by atoms with Crippen LogP contribution in [0.4, 0.5) is 9.18 Å². The van der Waals surface area contributed by atoms with Gasteiger partial charge in [-0.2, -0.15) is 0 Å². The molecule has 0 aliphatic carbocycles. The van der Waals surface area contributed by atoms with Crippen LogP contribution in [0.2, 0.25) is 5.02 Å². The first-order valence-electron chi connectivity index (χ1n) is 10.6. The summed E-state index contributed by atoms with van der Waals surface area (Å²) in [7, 11) is 0. The number of hydrogen-bond donors (Lipinski definition) is 0. The molecule has 2 heterocycles.